The molecule has 130 valence electrons. The van der Waals surface area contributed by atoms with Crippen LogP contribution in [0.4, 0.5) is 4.39 Å². The zero-order valence-corrected chi connectivity index (χ0v) is 15.3. The van der Waals surface area contributed by atoms with Crippen LogP contribution in [-0.2, 0) is 22.7 Å². The van der Waals surface area contributed by atoms with E-state index in [-0.39, 0.29) is 6.42 Å². The third-order valence-corrected chi connectivity index (χ3v) is 5.23. The molecule has 0 saturated heterocycles. The molecule has 0 fully saturated rings. The molecule has 2 aromatic rings. The van der Waals surface area contributed by atoms with E-state index in [1.54, 1.807) is 16.9 Å². The van der Waals surface area contributed by atoms with Crippen molar-refractivity contribution in [3.63, 3.8) is 0 Å². The van der Waals surface area contributed by atoms with Crippen LogP contribution in [0.25, 0.3) is 11.3 Å². The third-order valence-electron chi connectivity index (χ3n) is 3.52. The minimum absolute atomic E-state index is 0.145. The molecule has 1 aromatic carbocycles. The summed E-state index contributed by atoms with van der Waals surface area (Å²) >= 11 is 0. The molecular weight excluding hydrogens is 327 g/mol. The molecule has 0 aliphatic heterocycles. The summed E-state index contributed by atoms with van der Waals surface area (Å²) in [5.74, 6) is -1.37. The second kappa shape index (κ2) is 7.72. The van der Waals surface area contributed by atoms with Crippen molar-refractivity contribution in [3.05, 3.63) is 41.8 Å². The van der Waals surface area contributed by atoms with Gasteiger partial charge < -0.3 is 9.84 Å². The van der Waals surface area contributed by atoms with Gasteiger partial charge in [0.2, 0.25) is 0 Å². The Kier molecular flexibility index (Phi) is 5.90. The molecule has 5 nitrogen and oxygen atoms in total. The molecule has 24 heavy (non-hydrogen) atoms. The first-order valence-electron chi connectivity index (χ1n) is 7.86. The van der Waals surface area contributed by atoms with Gasteiger partial charge in [-0.25, -0.2) is 9.07 Å². The van der Waals surface area contributed by atoms with E-state index in [4.69, 9.17) is 9.84 Å². The summed E-state index contributed by atoms with van der Waals surface area (Å²) in [6, 6.07) is 7.06. The lowest BCUT2D eigenvalue weighted by Gasteiger charge is -2.15. The van der Waals surface area contributed by atoms with Crippen LogP contribution < -0.4 is 0 Å². The first kappa shape index (κ1) is 18.3. The number of carboxylic acids is 1. The largest absolute Gasteiger partial charge is 0.481 e. The molecule has 0 saturated carbocycles. The Hall–Kier alpha value is -1.99. The highest BCUT2D eigenvalue weighted by Crippen LogP contribution is 2.22. The number of carboxylic acid groups (broad SMARTS) is 1. The quantitative estimate of drug-likeness (QED) is 0.583. The van der Waals surface area contributed by atoms with E-state index >= 15 is 0 Å². The van der Waals surface area contributed by atoms with Crippen molar-refractivity contribution < 1.29 is 19.0 Å². The van der Waals surface area contributed by atoms with Gasteiger partial charge in [-0.15, -0.1) is 0 Å². The molecule has 1 heterocycles. The fourth-order valence-corrected chi connectivity index (χ4v) is 2.92. The van der Waals surface area contributed by atoms with E-state index in [0.29, 0.717) is 30.2 Å². The van der Waals surface area contributed by atoms with Crippen molar-refractivity contribution in [1.82, 2.24) is 9.78 Å². The number of benzene rings is 1. The van der Waals surface area contributed by atoms with Crippen LogP contribution in [0.5, 0.6) is 0 Å². The summed E-state index contributed by atoms with van der Waals surface area (Å²) in [4.78, 5) is 10.8. The van der Waals surface area contributed by atoms with Crippen LogP contribution in [0.15, 0.2) is 30.5 Å². The van der Waals surface area contributed by atoms with E-state index in [0.717, 1.165) is 6.04 Å². The predicted octanol–water partition coefficient (Wildman–Crippen LogP) is 3.63. The van der Waals surface area contributed by atoms with Gasteiger partial charge in [-0.1, -0.05) is 25.7 Å². The van der Waals surface area contributed by atoms with Gasteiger partial charge in [0.15, 0.2) is 0 Å². The van der Waals surface area contributed by atoms with Crippen LogP contribution in [0.2, 0.25) is 25.7 Å². The molecular formula is C17H23FN2O3Si. The van der Waals surface area contributed by atoms with Crippen LogP contribution >= 0.6 is 0 Å². The van der Waals surface area contributed by atoms with E-state index in [1.807, 2.05) is 0 Å². The monoisotopic (exact) mass is 350 g/mol. The van der Waals surface area contributed by atoms with Gasteiger partial charge in [0.25, 0.3) is 0 Å². The molecule has 7 heteroatoms. The van der Waals surface area contributed by atoms with Crippen LogP contribution in [0, 0.1) is 5.82 Å². The summed E-state index contributed by atoms with van der Waals surface area (Å²) in [7, 11) is -1.12. The lowest BCUT2D eigenvalue weighted by atomic mass is 10.1. The van der Waals surface area contributed by atoms with Gasteiger partial charge in [0, 0.05) is 26.4 Å². The Morgan fingerprint density at radius 1 is 1.33 bits per heavy atom. The Labute approximate surface area is 142 Å². The maximum Gasteiger partial charge on any atom is 0.307 e. The molecule has 1 N–H and O–H groups in total. The third kappa shape index (κ3) is 5.57. The zero-order chi connectivity index (χ0) is 17.7. The number of ether oxygens (including phenoxy) is 1. The highest BCUT2D eigenvalue weighted by Gasteiger charge is 2.13. The van der Waals surface area contributed by atoms with Crippen LogP contribution in [0.3, 0.4) is 0 Å². The number of carbonyl (C=O) groups is 1. The average Bonchev–Trinajstić information content (AvgIpc) is 2.93. The Bertz CT molecular complexity index is 710. The Morgan fingerprint density at radius 3 is 2.75 bits per heavy atom. The molecule has 2 rings (SSSR count). The number of nitrogens with zero attached hydrogens (tertiary/aromatic N) is 2. The fraction of sp³-hybridized carbons (Fsp3) is 0.412. The lowest BCUT2D eigenvalue weighted by Crippen LogP contribution is -2.22. The first-order chi connectivity index (χ1) is 11.2. The first-order valence-corrected chi connectivity index (χ1v) is 11.6. The average molecular weight is 350 g/mol. The van der Waals surface area contributed by atoms with Crippen molar-refractivity contribution in [3.8, 4) is 11.3 Å². The summed E-state index contributed by atoms with van der Waals surface area (Å²) in [5.41, 5.74) is 1.31. The van der Waals surface area contributed by atoms with Gasteiger partial charge in [-0.05, 0) is 29.8 Å². The van der Waals surface area contributed by atoms with Crippen molar-refractivity contribution in [2.75, 3.05) is 6.61 Å². The maximum absolute atomic E-state index is 14.0. The molecule has 1 aromatic heterocycles. The minimum Gasteiger partial charge on any atom is -0.481 e. The highest BCUT2D eigenvalue weighted by atomic mass is 28.3. The fourth-order valence-electron chi connectivity index (χ4n) is 2.17. The molecule has 0 atom stereocenters. The minimum atomic E-state index is -1.12. The SMILES string of the molecule is C[Si](C)(C)CCOCn1ccc(-c2cc(CC(=O)O)ccc2F)n1. The summed E-state index contributed by atoms with van der Waals surface area (Å²) in [6.45, 7) is 7.87. The van der Waals surface area contributed by atoms with Crippen molar-refractivity contribution in [2.24, 2.45) is 0 Å². The lowest BCUT2D eigenvalue weighted by molar-refractivity contribution is -0.136. The zero-order valence-electron chi connectivity index (χ0n) is 14.3. The molecule has 0 bridgehead atoms. The predicted molar refractivity (Wildman–Crippen MR) is 93.1 cm³/mol. The van der Waals surface area contributed by atoms with E-state index in [2.05, 4.69) is 24.7 Å². The molecule has 0 spiro atoms. The van der Waals surface area contributed by atoms with Crippen molar-refractivity contribution >= 4 is 14.0 Å². The van der Waals surface area contributed by atoms with Gasteiger partial charge in [0.05, 0.1) is 12.1 Å². The highest BCUT2D eigenvalue weighted by molar-refractivity contribution is 6.76. The Balaban J connectivity index is 2.03. The van der Waals surface area contributed by atoms with Gasteiger partial charge in [-0.2, -0.15) is 5.10 Å². The number of rotatable bonds is 8. The molecule has 0 aliphatic rings. The smallest absolute Gasteiger partial charge is 0.307 e. The van der Waals surface area contributed by atoms with E-state index in [1.165, 1.54) is 18.2 Å². The van der Waals surface area contributed by atoms with E-state index < -0.39 is 19.9 Å². The standard InChI is InChI=1S/C17H23FN2O3Si/c1-24(2,3)9-8-23-12-20-7-6-16(19-20)14-10-13(11-17(21)22)4-5-15(14)18/h4-7,10H,8-9,11-12H2,1-3H3,(H,21,22). The number of hydrogen-bond donors (Lipinski definition) is 1. The number of hydrogen-bond acceptors (Lipinski definition) is 3. The summed E-state index contributed by atoms with van der Waals surface area (Å²) in [5, 5.41) is 13.2. The number of aliphatic carboxylic acids is 1. The molecule has 0 radical (unpaired) electrons. The number of halogens is 1. The van der Waals surface area contributed by atoms with Crippen LogP contribution in [-0.4, -0.2) is 35.5 Å². The normalized spacial score (nSPS) is 11.7. The summed E-state index contributed by atoms with van der Waals surface area (Å²) < 4.78 is 21.2. The topological polar surface area (TPSA) is 64.3 Å². The van der Waals surface area contributed by atoms with Crippen molar-refractivity contribution in [2.45, 2.75) is 38.8 Å². The second-order valence-electron chi connectivity index (χ2n) is 6.97. The molecule has 0 unspecified atom stereocenters. The molecule has 0 amide bonds. The Morgan fingerprint density at radius 2 is 2.08 bits per heavy atom. The number of aromatic nitrogens is 2. The van der Waals surface area contributed by atoms with Gasteiger partial charge in [0.1, 0.15) is 12.5 Å². The maximum atomic E-state index is 14.0. The van der Waals surface area contributed by atoms with Gasteiger partial charge >= 0.3 is 5.97 Å². The van der Waals surface area contributed by atoms with Gasteiger partial charge in [-0.3, -0.25) is 4.79 Å². The second-order valence-corrected chi connectivity index (χ2v) is 12.6. The summed E-state index contributed by atoms with van der Waals surface area (Å²) in [6.07, 6.45) is 1.58. The molecule has 0 aliphatic carbocycles. The van der Waals surface area contributed by atoms with E-state index in [9.17, 15) is 9.18 Å². The van der Waals surface area contributed by atoms with Crippen LogP contribution in [0.1, 0.15) is 5.56 Å². The van der Waals surface area contributed by atoms with Crippen molar-refractivity contribution in [1.29, 1.82) is 0 Å².